The first-order chi connectivity index (χ1) is 20.1. The van der Waals surface area contributed by atoms with Gasteiger partial charge in [-0.15, -0.1) is 5.10 Å². The van der Waals surface area contributed by atoms with Crippen LogP contribution in [0.4, 0.5) is 0 Å². The molecule has 9 heteroatoms. The monoisotopic (exact) mass is 564 g/mol. The van der Waals surface area contributed by atoms with Gasteiger partial charge in [0.2, 0.25) is 0 Å². The normalized spacial score (nSPS) is 12.3. The fourth-order valence-electron chi connectivity index (χ4n) is 5.17. The molecule has 1 atom stereocenters. The van der Waals surface area contributed by atoms with E-state index in [1.54, 1.807) is 10.9 Å². The van der Waals surface area contributed by atoms with Crippen LogP contribution in [0.1, 0.15) is 46.8 Å². The van der Waals surface area contributed by atoms with Gasteiger partial charge in [0.05, 0.1) is 6.26 Å². The van der Waals surface area contributed by atoms with Gasteiger partial charge in [-0.05, 0) is 75.3 Å². The number of aromatic nitrogens is 5. The largest absolute Gasteiger partial charge is 0.467 e. The zero-order valence-corrected chi connectivity index (χ0v) is 23.3. The molecule has 206 valence electrons. The first-order valence-electron chi connectivity index (χ1n) is 13.5. The van der Waals surface area contributed by atoms with Crippen LogP contribution >= 0.6 is 11.6 Å². The molecule has 3 aromatic heterocycles. The van der Waals surface area contributed by atoms with Crippen molar-refractivity contribution in [2.45, 2.75) is 39.0 Å². The lowest BCUT2D eigenvalue weighted by Gasteiger charge is -2.31. The zero-order chi connectivity index (χ0) is 28.2. The minimum atomic E-state index is -0.602. The summed E-state index contributed by atoms with van der Waals surface area (Å²) in [4.78, 5) is 19.1. The number of hydrogen-bond donors (Lipinski definition) is 1. The molecule has 3 aromatic carbocycles. The van der Waals surface area contributed by atoms with E-state index in [-0.39, 0.29) is 5.56 Å². The van der Waals surface area contributed by atoms with E-state index >= 15 is 0 Å². The van der Waals surface area contributed by atoms with Crippen molar-refractivity contribution in [2.75, 3.05) is 0 Å². The number of nitrogens with one attached hydrogen (secondary N) is 1. The van der Waals surface area contributed by atoms with Crippen LogP contribution in [0.5, 0.6) is 0 Å². The molecule has 6 aromatic rings. The van der Waals surface area contributed by atoms with Crippen molar-refractivity contribution in [3.8, 4) is 0 Å². The van der Waals surface area contributed by atoms with Crippen molar-refractivity contribution < 1.29 is 4.42 Å². The average molecular weight is 565 g/mol. The van der Waals surface area contributed by atoms with Crippen molar-refractivity contribution in [2.24, 2.45) is 0 Å². The Bertz CT molecular complexity index is 1810. The third-order valence-corrected chi connectivity index (χ3v) is 7.62. The van der Waals surface area contributed by atoms with E-state index in [2.05, 4.69) is 50.5 Å². The molecule has 0 bridgehead atoms. The van der Waals surface area contributed by atoms with Gasteiger partial charge in [0.15, 0.2) is 5.82 Å². The highest BCUT2D eigenvalue weighted by Crippen LogP contribution is 2.32. The summed E-state index contributed by atoms with van der Waals surface area (Å²) in [6.45, 7) is 3.42. The Balaban J connectivity index is 1.54. The summed E-state index contributed by atoms with van der Waals surface area (Å²) in [6.07, 6.45) is 2.51. The van der Waals surface area contributed by atoms with Gasteiger partial charge >= 0.3 is 0 Å². The van der Waals surface area contributed by atoms with Gasteiger partial charge in [-0.3, -0.25) is 9.69 Å². The fraction of sp³-hybridized carbons (Fsp3) is 0.188. The Morgan fingerprint density at radius 3 is 2.56 bits per heavy atom. The number of benzene rings is 3. The van der Waals surface area contributed by atoms with Gasteiger partial charge < -0.3 is 9.40 Å². The second kappa shape index (κ2) is 11.9. The van der Waals surface area contributed by atoms with Crippen molar-refractivity contribution in [3.05, 3.63) is 146 Å². The number of pyridine rings is 1. The molecule has 41 heavy (non-hydrogen) atoms. The van der Waals surface area contributed by atoms with Gasteiger partial charge in [-0.2, -0.15) is 0 Å². The number of fused-ring (bicyclic) bond motifs is 1. The number of nitrogens with zero attached hydrogens (tertiary/aromatic N) is 5. The molecule has 0 fully saturated rings. The smallest absolute Gasteiger partial charge is 0.253 e. The molecule has 0 spiro atoms. The van der Waals surface area contributed by atoms with Gasteiger partial charge in [0, 0.05) is 29.2 Å². The molecule has 0 saturated carbocycles. The average Bonchev–Trinajstić information content (AvgIpc) is 3.68. The number of hydrogen-bond acceptors (Lipinski definition) is 6. The SMILES string of the molecule is CCc1ccc2[nH]c(=O)c([C@H](c3nnnn3Cc3ccco3)N(Cc3ccccc3)Cc3ccccc3Cl)cc2c1. The first-order valence-corrected chi connectivity index (χ1v) is 13.9. The van der Waals surface area contributed by atoms with E-state index in [1.165, 1.54) is 5.56 Å². The predicted molar refractivity (Wildman–Crippen MR) is 159 cm³/mol. The van der Waals surface area contributed by atoms with Crippen molar-refractivity contribution in [1.29, 1.82) is 0 Å². The summed E-state index contributed by atoms with van der Waals surface area (Å²) in [5, 5.41) is 14.4. The number of aryl methyl sites for hydroxylation is 1. The predicted octanol–water partition coefficient (Wildman–Crippen LogP) is 6.16. The maximum absolute atomic E-state index is 13.8. The maximum atomic E-state index is 13.8. The Morgan fingerprint density at radius 2 is 1.78 bits per heavy atom. The van der Waals surface area contributed by atoms with Gasteiger partial charge in [-0.1, -0.05) is 73.1 Å². The Labute approximate surface area is 242 Å². The van der Waals surface area contributed by atoms with Gasteiger partial charge in [0.25, 0.3) is 5.56 Å². The molecule has 3 heterocycles. The van der Waals surface area contributed by atoms with E-state index in [1.807, 2.05) is 72.8 Å². The molecule has 0 radical (unpaired) electrons. The van der Waals surface area contributed by atoms with Gasteiger partial charge in [-0.25, -0.2) is 4.68 Å². The van der Waals surface area contributed by atoms with Crippen LogP contribution in [0.2, 0.25) is 5.02 Å². The third-order valence-electron chi connectivity index (χ3n) is 7.25. The number of aromatic amines is 1. The van der Waals surface area contributed by atoms with Crippen LogP contribution in [-0.2, 0) is 26.1 Å². The standard InChI is InChI=1S/C32H29ClN6O2/c1-2-22-14-15-29-25(17-22)18-27(32(40)34-29)30(31-35-36-37-39(31)21-26-12-8-16-41-26)38(19-23-9-4-3-5-10-23)20-24-11-6-7-13-28(24)33/h3-18,30H,2,19-21H2,1H3,(H,34,40)/t30-/m1/s1. The Morgan fingerprint density at radius 1 is 0.951 bits per heavy atom. The highest BCUT2D eigenvalue weighted by Gasteiger charge is 2.31. The van der Waals surface area contributed by atoms with E-state index < -0.39 is 6.04 Å². The fourth-order valence-corrected chi connectivity index (χ4v) is 5.36. The van der Waals surface area contributed by atoms with Crippen LogP contribution in [0.3, 0.4) is 0 Å². The second-order valence-electron chi connectivity index (χ2n) is 9.99. The van der Waals surface area contributed by atoms with Crippen LogP contribution in [0.15, 0.2) is 106 Å². The molecular formula is C32H29ClN6O2. The summed E-state index contributed by atoms with van der Waals surface area (Å²) >= 11 is 6.66. The molecule has 0 saturated heterocycles. The number of H-pyrrole nitrogens is 1. The minimum Gasteiger partial charge on any atom is -0.467 e. The summed E-state index contributed by atoms with van der Waals surface area (Å²) in [7, 11) is 0. The first kappa shape index (κ1) is 26.7. The molecule has 0 aliphatic carbocycles. The van der Waals surface area contributed by atoms with Crippen LogP contribution in [-0.4, -0.2) is 30.1 Å². The quantitative estimate of drug-likeness (QED) is 0.214. The second-order valence-corrected chi connectivity index (χ2v) is 10.4. The summed E-state index contributed by atoms with van der Waals surface area (Å²) in [6, 6.07) is 29.1. The van der Waals surface area contributed by atoms with Crippen LogP contribution in [0, 0.1) is 0 Å². The van der Waals surface area contributed by atoms with Crippen LogP contribution in [0.25, 0.3) is 10.9 Å². The minimum absolute atomic E-state index is 0.198. The summed E-state index contributed by atoms with van der Waals surface area (Å²) < 4.78 is 7.30. The molecule has 0 unspecified atom stereocenters. The topological polar surface area (TPSA) is 92.8 Å². The molecule has 0 aliphatic rings. The van der Waals surface area contributed by atoms with Gasteiger partial charge in [0.1, 0.15) is 18.3 Å². The highest BCUT2D eigenvalue weighted by atomic mass is 35.5. The molecule has 6 rings (SSSR count). The molecule has 1 N–H and O–H groups in total. The van der Waals surface area contributed by atoms with Crippen LogP contribution < -0.4 is 5.56 Å². The Kier molecular flexibility index (Phi) is 7.75. The Hall–Kier alpha value is -4.53. The highest BCUT2D eigenvalue weighted by molar-refractivity contribution is 6.31. The van der Waals surface area contributed by atoms with Crippen molar-refractivity contribution >= 4 is 22.5 Å². The number of rotatable bonds is 10. The lowest BCUT2D eigenvalue weighted by Crippen LogP contribution is -2.35. The molecular weight excluding hydrogens is 536 g/mol. The van der Waals surface area contributed by atoms with E-state index in [0.717, 1.165) is 28.5 Å². The van der Waals surface area contributed by atoms with E-state index in [4.69, 9.17) is 16.0 Å². The third kappa shape index (κ3) is 5.84. The lowest BCUT2D eigenvalue weighted by atomic mass is 10.00. The van der Waals surface area contributed by atoms with E-state index in [9.17, 15) is 4.79 Å². The zero-order valence-electron chi connectivity index (χ0n) is 22.6. The number of halogens is 1. The summed E-state index contributed by atoms with van der Waals surface area (Å²) in [5.74, 6) is 1.24. The lowest BCUT2D eigenvalue weighted by molar-refractivity contribution is 0.193. The molecule has 8 nitrogen and oxygen atoms in total. The van der Waals surface area contributed by atoms with E-state index in [0.29, 0.717) is 41.8 Å². The molecule has 0 aliphatic heterocycles. The maximum Gasteiger partial charge on any atom is 0.253 e. The number of furan rings is 1. The summed E-state index contributed by atoms with van der Waals surface area (Å²) in [5.41, 5.74) is 4.34. The number of tetrazole rings is 1. The molecule has 0 amide bonds. The van der Waals surface area contributed by atoms with Crippen molar-refractivity contribution in [3.63, 3.8) is 0 Å². The van der Waals surface area contributed by atoms with Crippen molar-refractivity contribution in [1.82, 2.24) is 30.1 Å².